The molecule has 6 heteroatoms. The lowest BCUT2D eigenvalue weighted by Gasteiger charge is -2.21. The first-order valence-electron chi connectivity index (χ1n) is 8.17. The highest BCUT2D eigenvalue weighted by atomic mass is 16.5. The molecule has 2 aromatic carbocycles. The summed E-state index contributed by atoms with van der Waals surface area (Å²) in [6.07, 6.45) is -0.432. The lowest BCUT2D eigenvalue weighted by Crippen LogP contribution is -2.14. The minimum Gasteiger partial charge on any atom is -0.493 e. The number of rotatable bonds is 9. The van der Waals surface area contributed by atoms with Gasteiger partial charge in [0.2, 0.25) is 5.75 Å². The zero-order valence-electron chi connectivity index (χ0n) is 15.5. The maximum atomic E-state index is 12.2. The van der Waals surface area contributed by atoms with Crippen LogP contribution < -0.4 is 14.2 Å². The van der Waals surface area contributed by atoms with E-state index < -0.39 is 6.10 Å². The molecule has 0 N–H and O–H groups in total. The van der Waals surface area contributed by atoms with Crippen LogP contribution in [0.25, 0.3) is 0 Å². The summed E-state index contributed by atoms with van der Waals surface area (Å²) in [6.45, 7) is 0.301. The molecule has 0 spiro atoms. The third-order valence-corrected chi connectivity index (χ3v) is 3.85. The van der Waals surface area contributed by atoms with Crippen molar-refractivity contribution in [2.45, 2.75) is 12.5 Å². The molecule has 0 aliphatic carbocycles. The molecule has 0 aliphatic heterocycles. The van der Waals surface area contributed by atoms with Crippen molar-refractivity contribution in [1.82, 2.24) is 0 Å². The molecule has 0 fully saturated rings. The molecule has 0 heterocycles. The number of carbonyl (C=O) groups is 1. The number of carbonyl (C=O) groups excluding carboxylic acids is 1. The Labute approximate surface area is 153 Å². The average molecular weight is 360 g/mol. The van der Waals surface area contributed by atoms with Gasteiger partial charge in [0, 0.05) is 12.7 Å². The van der Waals surface area contributed by atoms with Crippen LogP contribution in [0.4, 0.5) is 0 Å². The van der Waals surface area contributed by atoms with Crippen LogP contribution >= 0.6 is 0 Å². The second-order valence-corrected chi connectivity index (χ2v) is 5.48. The SMILES string of the molecule is COCCC(=O)OC(c1ccccc1)c1cc(OC)c(OC)c(OC)c1. The van der Waals surface area contributed by atoms with Gasteiger partial charge >= 0.3 is 5.97 Å². The van der Waals surface area contributed by atoms with Gasteiger partial charge in [0.05, 0.1) is 34.4 Å². The fourth-order valence-corrected chi connectivity index (χ4v) is 2.58. The summed E-state index contributed by atoms with van der Waals surface area (Å²) in [6, 6.07) is 13.1. The van der Waals surface area contributed by atoms with E-state index in [9.17, 15) is 4.79 Å². The van der Waals surface area contributed by atoms with Gasteiger partial charge in [0.15, 0.2) is 17.6 Å². The molecule has 140 valence electrons. The molecule has 26 heavy (non-hydrogen) atoms. The zero-order valence-corrected chi connectivity index (χ0v) is 15.5. The lowest BCUT2D eigenvalue weighted by molar-refractivity contribution is -0.148. The van der Waals surface area contributed by atoms with E-state index in [1.165, 1.54) is 0 Å². The summed E-state index contributed by atoms with van der Waals surface area (Å²) >= 11 is 0. The van der Waals surface area contributed by atoms with Gasteiger partial charge < -0.3 is 23.7 Å². The van der Waals surface area contributed by atoms with Crippen LogP contribution in [0.1, 0.15) is 23.7 Å². The van der Waals surface area contributed by atoms with Crippen molar-refractivity contribution in [3.63, 3.8) is 0 Å². The maximum Gasteiger partial charge on any atom is 0.309 e. The van der Waals surface area contributed by atoms with E-state index in [1.807, 2.05) is 30.3 Å². The van der Waals surface area contributed by atoms with Gasteiger partial charge in [-0.1, -0.05) is 30.3 Å². The van der Waals surface area contributed by atoms with E-state index in [1.54, 1.807) is 40.6 Å². The molecular weight excluding hydrogens is 336 g/mol. The van der Waals surface area contributed by atoms with Gasteiger partial charge in [-0.15, -0.1) is 0 Å². The summed E-state index contributed by atoms with van der Waals surface area (Å²) in [4.78, 5) is 12.2. The van der Waals surface area contributed by atoms with Crippen molar-refractivity contribution >= 4 is 5.97 Å². The highest BCUT2D eigenvalue weighted by Gasteiger charge is 2.23. The van der Waals surface area contributed by atoms with E-state index in [2.05, 4.69) is 0 Å². The Balaban J connectivity index is 2.46. The summed E-state index contributed by atoms with van der Waals surface area (Å²) in [5, 5.41) is 0. The van der Waals surface area contributed by atoms with Crippen LogP contribution in [0.2, 0.25) is 0 Å². The Hall–Kier alpha value is -2.73. The van der Waals surface area contributed by atoms with Crippen molar-refractivity contribution in [2.24, 2.45) is 0 Å². The molecule has 1 atom stereocenters. The minimum atomic E-state index is -0.603. The number of benzene rings is 2. The Morgan fingerprint density at radius 2 is 1.50 bits per heavy atom. The molecule has 0 amide bonds. The van der Waals surface area contributed by atoms with Crippen molar-refractivity contribution in [1.29, 1.82) is 0 Å². The quantitative estimate of drug-likeness (QED) is 0.639. The van der Waals surface area contributed by atoms with Crippen molar-refractivity contribution in [3.05, 3.63) is 53.6 Å². The second-order valence-electron chi connectivity index (χ2n) is 5.48. The van der Waals surface area contributed by atoms with E-state index >= 15 is 0 Å². The van der Waals surface area contributed by atoms with E-state index in [0.29, 0.717) is 23.9 Å². The monoisotopic (exact) mass is 360 g/mol. The van der Waals surface area contributed by atoms with Crippen LogP contribution in [0.3, 0.4) is 0 Å². The van der Waals surface area contributed by atoms with Crippen LogP contribution in [0.5, 0.6) is 17.2 Å². The first-order valence-corrected chi connectivity index (χ1v) is 8.17. The molecule has 6 nitrogen and oxygen atoms in total. The predicted molar refractivity (Wildman–Crippen MR) is 97.0 cm³/mol. The largest absolute Gasteiger partial charge is 0.493 e. The summed E-state index contributed by atoms with van der Waals surface area (Å²) in [5.41, 5.74) is 1.56. The van der Waals surface area contributed by atoms with E-state index in [-0.39, 0.29) is 12.4 Å². The van der Waals surface area contributed by atoms with Crippen LogP contribution in [-0.2, 0) is 14.3 Å². The van der Waals surface area contributed by atoms with Gasteiger partial charge in [0.1, 0.15) is 0 Å². The molecule has 0 radical (unpaired) electrons. The third kappa shape index (κ3) is 4.67. The van der Waals surface area contributed by atoms with Crippen LogP contribution in [0.15, 0.2) is 42.5 Å². The first-order chi connectivity index (χ1) is 12.6. The van der Waals surface area contributed by atoms with Gasteiger partial charge in [-0.25, -0.2) is 0 Å². The molecule has 0 saturated carbocycles. The fraction of sp³-hybridized carbons (Fsp3) is 0.350. The maximum absolute atomic E-state index is 12.2. The van der Waals surface area contributed by atoms with Gasteiger partial charge in [-0.2, -0.15) is 0 Å². The van der Waals surface area contributed by atoms with Crippen molar-refractivity contribution in [3.8, 4) is 17.2 Å². The van der Waals surface area contributed by atoms with Crippen molar-refractivity contribution in [2.75, 3.05) is 35.0 Å². The van der Waals surface area contributed by atoms with Crippen LogP contribution in [-0.4, -0.2) is 41.0 Å². The topological polar surface area (TPSA) is 63.2 Å². The third-order valence-electron chi connectivity index (χ3n) is 3.85. The lowest BCUT2D eigenvalue weighted by atomic mass is 10.00. The van der Waals surface area contributed by atoms with Crippen molar-refractivity contribution < 1.29 is 28.5 Å². The Kier molecular flexibility index (Phi) is 7.29. The molecule has 0 aromatic heterocycles. The predicted octanol–water partition coefficient (Wildman–Crippen LogP) is 3.38. The van der Waals surface area contributed by atoms with Gasteiger partial charge in [-0.05, 0) is 17.7 Å². The Morgan fingerprint density at radius 3 is 2.00 bits per heavy atom. The number of esters is 1. The number of hydrogen-bond acceptors (Lipinski definition) is 6. The number of methoxy groups -OCH3 is 4. The molecule has 2 aromatic rings. The zero-order chi connectivity index (χ0) is 18.9. The van der Waals surface area contributed by atoms with Gasteiger partial charge in [-0.3, -0.25) is 4.79 Å². The summed E-state index contributed by atoms with van der Waals surface area (Å²) in [7, 11) is 6.17. The Morgan fingerprint density at radius 1 is 0.885 bits per heavy atom. The number of hydrogen-bond donors (Lipinski definition) is 0. The Bertz CT molecular complexity index is 688. The molecule has 1 unspecified atom stereocenters. The molecule has 0 aliphatic rings. The average Bonchev–Trinajstić information content (AvgIpc) is 2.69. The fourth-order valence-electron chi connectivity index (χ4n) is 2.58. The highest BCUT2D eigenvalue weighted by molar-refractivity contribution is 5.70. The summed E-state index contributed by atoms with van der Waals surface area (Å²) in [5.74, 6) is 1.12. The van der Waals surface area contributed by atoms with E-state index in [4.69, 9.17) is 23.7 Å². The molecular formula is C20H24O6. The van der Waals surface area contributed by atoms with E-state index in [0.717, 1.165) is 11.1 Å². The smallest absolute Gasteiger partial charge is 0.309 e. The standard InChI is InChI=1S/C20H24O6/c1-22-11-10-18(21)26-19(14-8-6-5-7-9-14)15-12-16(23-2)20(25-4)17(13-15)24-3/h5-9,12-13,19H,10-11H2,1-4H3. The molecule has 2 rings (SSSR count). The normalized spacial score (nSPS) is 11.5. The van der Waals surface area contributed by atoms with Gasteiger partial charge in [0.25, 0.3) is 0 Å². The van der Waals surface area contributed by atoms with Crippen LogP contribution in [0, 0.1) is 0 Å². The highest BCUT2D eigenvalue weighted by Crippen LogP contribution is 2.41. The minimum absolute atomic E-state index is 0.171. The first kappa shape index (κ1) is 19.6. The molecule has 0 bridgehead atoms. The number of ether oxygens (including phenoxy) is 5. The summed E-state index contributed by atoms with van der Waals surface area (Å²) < 4.78 is 26.9. The molecule has 0 saturated heterocycles. The second kappa shape index (κ2) is 9.68.